The first-order valence-corrected chi connectivity index (χ1v) is 12.8. The Bertz CT molecular complexity index is 1010. The van der Waals surface area contributed by atoms with Crippen LogP contribution in [0.15, 0.2) is 59.5 Å². The van der Waals surface area contributed by atoms with Gasteiger partial charge in [-0.15, -0.1) is 0 Å². The summed E-state index contributed by atoms with van der Waals surface area (Å²) in [6.45, 7) is 6.17. The maximum Gasteiger partial charge on any atom is 0.243 e. The van der Waals surface area contributed by atoms with Gasteiger partial charge in [0, 0.05) is 20.1 Å². The molecule has 7 nitrogen and oxygen atoms in total. The lowest BCUT2D eigenvalue weighted by molar-refractivity contribution is -0.141. The molecule has 2 aromatic carbocycles. The summed E-state index contributed by atoms with van der Waals surface area (Å²) in [6.07, 6.45) is 2.22. The summed E-state index contributed by atoms with van der Waals surface area (Å²) >= 11 is 0. The molecule has 0 spiro atoms. The molecular formula is C25H35N3O4S. The number of carbonyl (C=O) groups is 2. The minimum absolute atomic E-state index is 0.127. The van der Waals surface area contributed by atoms with Gasteiger partial charge in [0.25, 0.3) is 0 Å². The van der Waals surface area contributed by atoms with E-state index in [9.17, 15) is 18.0 Å². The molecule has 1 atom stereocenters. The fourth-order valence-corrected chi connectivity index (χ4v) is 4.58. The lowest BCUT2D eigenvalue weighted by atomic mass is 10.1. The fraction of sp³-hybridized carbons (Fsp3) is 0.440. The summed E-state index contributed by atoms with van der Waals surface area (Å²) in [6, 6.07) is 15.2. The molecule has 0 aliphatic heterocycles. The topological polar surface area (TPSA) is 86.8 Å². The Morgan fingerprint density at radius 1 is 1.00 bits per heavy atom. The third kappa shape index (κ3) is 7.40. The minimum Gasteiger partial charge on any atom is -0.354 e. The second-order valence-corrected chi connectivity index (χ2v) is 10.2. The Kier molecular flexibility index (Phi) is 10.1. The zero-order valence-corrected chi connectivity index (χ0v) is 20.8. The van der Waals surface area contributed by atoms with Gasteiger partial charge in [-0.25, -0.2) is 8.42 Å². The number of benzene rings is 2. The van der Waals surface area contributed by atoms with E-state index in [1.165, 1.54) is 24.1 Å². The van der Waals surface area contributed by atoms with Crippen LogP contribution >= 0.6 is 0 Å². The van der Waals surface area contributed by atoms with Crippen molar-refractivity contribution in [3.63, 3.8) is 0 Å². The molecule has 0 aliphatic carbocycles. The Hall–Kier alpha value is -2.71. The number of aryl methyl sites for hydroxylation is 1. The van der Waals surface area contributed by atoms with Crippen LogP contribution in [0.25, 0.3) is 0 Å². The van der Waals surface area contributed by atoms with Crippen molar-refractivity contribution in [1.82, 2.24) is 14.5 Å². The monoisotopic (exact) mass is 473 g/mol. The van der Waals surface area contributed by atoms with E-state index in [1.807, 2.05) is 51.1 Å². The highest BCUT2D eigenvalue weighted by Gasteiger charge is 2.31. The molecule has 0 aliphatic rings. The van der Waals surface area contributed by atoms with Crippen molar-refractivity contribution in [3.8, 4) is 0 Å². The Morgan fingerprint density at radius 3 is 2.21 bits per heavy atom. The molecule has 33 heavy (non-hydrogen) atoms. The third-order valence-corrected chi connectivity index (χ3v) is 7.32. The minimum atomic E-state index is -3.84. The second-order valence-electron chi connectivity index (χ2n) is 8.15. The van der Waals surface area contributed by atoms with Gasteiger partial charge >= 0.3 is 0 Å². The molecule has 0 saturated heterocycles. The van der Waals surface area contributed by atoms with Crippen LogP contribution in [-0.2, 0) is 26.2 Å². The zero-order valence-electron chi connectivity index (χ0n) is 20.0. The largest absolute Gasteiger partial charge is 0.354 e. The molecule has 1 N–H and O–H groups in total. The molecule has 0 fully saturated rings. The predicted octanol–water partition coefficient (Wildman–Crippen LogP) is 3.34. The number of carbonyl (C=O) groups excluding carboxylic acids is 2. The molecular weight excluding hydrogens is 438 g/mol. The molecule has 0 radical (unpaired) electrons. The van der Waals surface area contributed by atoms with Crippen molar-refractivity contribution in [2.75, 3.05) is 20.1 Å². The van der Waals surface area contributed by atoms with Crippen LogP contribution in [0.5, 0.6) is 0 Å². The molecule has 2 aromatic rings. The molecule has 1 unspecified atom stereocenters. The molecule has 0 aromatic heterocycles. The lowest BCUT2D eigenvalue weighted by Gasteiger charge is -2.32. The van der Waals surface area contributed by atoms with E-state index in [4.69, 9.17) is 0 Å². The summed E-state index contributed by atoms with van der Waals surface area (Å²) < 4.78 is 27.0. The Morgan fingerprint density at radius 2 is 1.64 bits per heavy atom. The van der Waals surface area contributed by atoms with Gasteiger partial charge in [0.05, 0.1) is 11.4 Å². The number of hydrogen-bond donors (Lipinski definition) is 1. The van der Waals surface area contributed by atoms with E-state index in [-0.39, 0.29) is 23.9 Å². The van der Waals surface area contributed by atoms with Gasteiger partial charge in [0.15, 0.2) is 0 Å². The number of rotatable bonds is 12. The second kappa shape index (κ2) is 12.5. The van der Waals surface area contributed by atoms with E-state index >= 15 is 0 Å². The van der Waals surface area contributed by atoms with Crippen LogP contribution in [-0.4, -0.2) is 55.6 Å². The molecule has 180 valence electrons. The molecule has 0 heterocycles. The van der Waals surface area contributed by atoms with Crippen LogP contribution in [0.3, 0.4) is 0 Å². The van der Waals surface area contributed by atoms with Gasteiger partial charge in [0.2, 0.25) is 21.8 Å². The van der Waals surface area contributed by atoms with E-state index in [1.54, 1.807) is 12.1 Å². The lowest BCUT2D eigenvalue weighted by Crippen LogP contribution is -2.51. The van der Waals surface area contributed by atoms with Crippen LogP contribution in [0.4, 0.5) is 0 Å². The number of likely N-dealkylation sites (N-methyl/N-ethyl adjacent to an activating group) is 1. The maximum absolute atomic E-state index is 13.4. The number of unbranched alkanes of at least 4 members (excludes halogenated alkanes) is 1. The Balaban J connectivity index is 2.26. The van der Waals surface area contributed by atoms with Gasteiger partial charge in [-0.05, 0) is 37.5 Å². The average Bonchev–Trinajstić information content (AvgIpc) is 2.80. The highest BCUT2D eigenvalue weighted by atomic mass is 32.2. The number of sulfonamides is 1. The van der Waals surface area contributed by atoms with Gasteiger partial charge in [-0.1, -0.05) is 68.3 Å². The van der Waals surface area contributed by atoms with Crippen molar-refractivity contribution in [1.29, 1.82) is 0 Å². The quantitative estimate of drug-likeness (QED) is 0.479. The standard InChI is InChI=1S/C25H35N3O4S/c1-5-7-17-26-25(30)23(6-2)28(18-21-11-9-8-10-12-21)24(29)19-27(4)33(31,32)22-15-13-20(3)14-16-22/h8-16,23H,5-7,17-19H2,1-4H3,(H,26,30). The summed E-state index contributed by atoms with van der Waals surface area (Å²) in [5, 5.41) is 2.91. The maximum atomic E-state index is 13.4. The number of nitrogens with zero attached hydrogens (tertiary/aromatic N) is 2. The highest BCUT2D eigenvalue weighted by molar-refractivity contribution is 7.89. The number of hydrogen-bond acceptors (Lipinski definition) is 4. The first-order chi connectivity index (χ1) is 15.7. The number of amides is 2. The molecule has 0 saturated carbocycles. The third-order valence-electron chi connectivity index (χ3n) is 5.50. The van der Waals surface area contributed by atoms with Crippen molar-refractivity contribution < 1.29 is 18.0 Å². The number of nitrogens with one attached hydrogen (secondary N) is 1. The van der Waals surface area contributed by atoms with Crippen molar-refractivity contribution in [2.24, 2.45) is 0 Å². The first kappa shape index (κ1) is 26.5. The molecule has 2 rings (SSSR count). The predicted molar refractivity (Wildman–Crippen MR) is 130 cm³/mol. The van der Waals surface area contributed by atoms with Crippen LogP contribution in [0.1, 0.15) is 44.2 Å². The normalized spacial score (nSPS) is 12.4. The smallest absolute Gasteiger partial charge is 0.243 e. The van der Waals surface area contributed by atoms with Crippen LogP contribution in [0.2, 0.25) is 0 Å². The van der Waals surface area contributed by atoms with Gasteiger partial charge < -0.3 is 10.2 Å². The first-order valence-electron chi connectivity index (χ1n) is 11.3. The van der Waals surface area contributed by atoms with E-state index in [0.717, 1.165) is 28.3 Å². The van der Waals surface area contributed by atoms with Gasteiger partial charge in [-0.2, -0.15) is 4.31 Å². The summed E-state index contributed by atoms with van der Waals surface area (Å²) in [7, 11) is -2.46. The van der Waals surface area contributed by atoms with Crippen molar-refractivity contribution in [3.05, 3.63) is 65.7 Å². The Labute approximate surface area is 197 Å². The van der Waals surface area contributed by atoms with Crippen molar-refractivity contribution in [2.45, 2.75) is 57.5 Å². The summed E-state index contributed by atoms with van der Waals surface area (Å²) in [5.74, 6) is -0.645. The van der Waals surface area contributed by atoms with Crippen LogP contribution in [0, 0.1) is 6.92 Å². The zero-order chi connectivity index (χ0) is 24.4. The molecule has 8 heteroatoms. The average molecular weight is 474 g/mol. The highest BCUT2D eigenvalue weighted by Crippen LogP contribution is 2.17. The van der Waals surface area contributed by atoms with E-state index in [2.05, 4.69) is 5.32 Å². The van der Waals surface area contributed by atoms with Gasteiger partial charge in [-0.3, -0.25) is 9.59 Å². The van der Waals surface area contributed by atoms with Crippen molar-refractivity contribution >= 4 is 21.8 Å². The summed E-state index contributed by atoms with van der Waals surface area (Å²) in [5.41, 5.74) is 1.82. The van der Waals surface area contributed by atoms with E-state index < -0.39 is 22.0 Å². The fourth-order valence-electron chi connectivity index (χ4n) is 3.46. The summed E-state index contributed by atoms with van der Waals surface area (Å²) in [4.78, 5) is 27.9. The van der Waals surface area contributed by atoms with Crippen LogP contribution < -0.4 is 5.32 Å². The SMILES string of the molecule is CCCCNC(=O)C(CC)N(Cc1ccccc1)C(=O)CN(C)S(=O)(=O)c1ccc(C)cc1. The molecule has 2 amide bonds. The van der Waals surface area contributed by atoms with E-state index in [0.29, 0.717) is 13.0 Å². The molecule has 0 bridgehead atoms. The van der Waals surface area contributed by atoms with Gasteiger partial charge in [0.1, 0.15) is 6.04 Å².